The minimum atomic E-state index is -3.98. The fourth-order valence-corrected chi connectivity index (χ4v) is 4.80. The van der Waals surface area contributed by atoms with Crippen molar-refractivity contribution in [1.82, 2.24) is 9.73 Å². The van der Waals surface area contributed by atoms with Gasteiger partial charge in [0.25, 0.3) is 5.91 Å². The van der Waals surface area contributed by atoms with Crippen LogP contribution in [0.25, 0.3) is 0 Å². The summed E-state index contributed by atoms with van der Waals surface area (Å²) in [5.74, 6) is 0.00896. The molecule has 0 bridgehead atoms. The first kappa shape index (κ1) is 24.4. The van der Waals surface area contributed by atoms with Crippen molar-refractivity contribution < 1.29 is 17.9 Å². The van der Waals surface area contributed by atoms with Gasteiger partial charge in [-0.2, -0.15) is 9.41 Å². The molecule has 0 saturated carbocycles. The molecule has 0 aromatic heterocycles. The SMILES string of the molecule is COc1ccc(S(=O)(=O)N(CC(=O)N/N=C/c2cccc(Cl)c2)Cc2ccccc2)cc1C. The molecule has 172 valence electrons. The molecule has 3 aromatic carbocycles. The number of nitrogens with one attached hydrogen (secondary N) is 1. The Morgan fingerprint density at radius 3 is 2.52 bits per heavy atom. The van der Waals surface area contributed by atoms with Gasteiger partial charge in [0.05, 0.1) is 24.8 Å². The summed E-state index contributed by atoms with van der Waals surface area (Å²) in [6.07, 6.45) is 1.44. The third-order valence-electron chi connectivity index (χ3n) is 4.78. The van der Waals surface area contributed by atoms with E-state index in [1.54, 1.807) is 49.4 Å². The zero-order valence-electron chi connectivity index (χ0n) is 18.2. The normalized spacial score (nSPS) is 11.6. The molecule has 0 spiro atoms. The molecule has 0 radical (unpaired) electrons. The van der Waals surface area contributed by atoms with E-state index in [9.17, 15) is 13.2 Å². The van der Waals surface area contributed by atoms with E-state index in [0.29, 0.717) is 21.9 Å². The fourth-order valence-electron chi connectivity index (χ4n) is 3.13. The second-order valence-corrected chi connectivity index (χ2v) is 9.61. The van der Waals surface area contributed by atoms with Crippen LogP contribution >= 0.6 is 11.6 Å². The summed E-state index contributed by atoms with van der Waals surface area (Å²) < 4.78 is 33.2. The molecule has 0 atom stereocenters. The number of ether oxygens (including phenoxy) is 1. The van der Waals surface area contributed by atoms with Crippen LogP contribution in [0.1, 0.15) is 16.7 Å². The molecule has 0 aliphatic rings. The van der Waals surface area contributed by atoms with E-state index in [0.717, 1.165) is 9.87 Å². The number of aryl methyl sites for hydroxylation is 1. The predicted molar refractivity (Wildman–Crippen MR) is 129 cm³/mol. The van der Waals surface area contributed by atoms with Crippen LogP contribution in [0.4, 0.5) is 0 Å². The average Bonchev–Trinajstić information content (AvgIpc) is 2.79. The van der Waals surface area contributed by atoms with Crippen LogP contribution in [0.15, 0.2) is 82.8 Å². The van der Waals surface area contributed by atoms with E-state index in [4.69, 9.17) is 16.3 Å². The number of methoxy groups -OCH3 is 1. The van der Waals surface area contributed by atoms with Gasteiger partial charge in [-0.25, -0.2) is 13.8 Å². The Bertz CT molecular complexity index is 1250. The van der Waals surface area contributed by atoms with E-state index < -0.39 is 22.5 Å². The van der Waals surface area contributed by atoms with Gasteiger partial charge >= 0.3 is 0 Å². The molecule has 33 heavy (non-hydrogen) atoms. The highest BCUT2D eigenvalue weighted by molar-refractivity contribution is 7.89. The monoisotopic (exact) mass is 485 g/mol. The van der Waals surface area contributed by atoms with Gasteiger partial charge in [0.1, 0.15) is 5.75 Å². The fraction of sp³-hybridized carbons (Fsp3) is 0.167. The maximum Gasteiger partial charge on any atom is 0.255 e. The first-order chi connectivity index (χ1) is 15.8. The van der Waals surface area contributed by atoms with Crippen molar-refractivity contribution in [3.05, 3.63) is 94.5 Å². The van der Waals surface area contributed by atoms with Gasteiger partial charge in [-0.15, -0.1) is 0 Å². The van der Waals surface area contributed by atoms with Crippen molar-refractivity contribution >= 4 is 33.7 Å². The number of carbonyl (C=O) groups excluding carboxylic acids is 1. The molecule has 7 nitrogen and oxygen atoms in total. The van der Waals surface area contributed by atoms with Gasteiger partial charge in [0.15, 0.2) is 0 Å². The molecule has 9 heteroatoms. The van der Waals surface area contributed by atoms with Crippen LogP contribution in [-0.2, 0) is 21.4 Å². The molecule has 0 saturated heterocycles. The van der Waals surface area contributed by atoms with Gasteiger partial charge in [-0.1, -0.05) is 54.1 Å². The standard InChI is InChI=1S/C24H24ClN3O4S/c1-18-13-22(11-12-23(18)32-2)33(30,31)28(16-19-7-4-3-5-8-19)17-24(29)27-26-15-20-9-6-10-21(25)14-20/h3-15H,16-17H2,1-2H3,(H,27,29)/b26-15+. The van der Waals surface area contributed by atoms with Crippen molar-refractivity contribution in [2.45, 2.75) is 18.4 Å². The topological polar surface area (TPSA) is 88.1 Å². The summed E-state index contributed by atoms with van der Waals surface area (Å²) in [6.45, 7) is 1.38. The number of hydrazone groups is 1. The smallest absolute Gasteiger partial charge is 0.255 e. The second kappa shape index (κ2) is 11.1. The summed E-state index contributed by atoms with van der Waals surface area (Å²) in [4.78, 5) is 12.6. The summed E-state index contributed by atoms with van der Waals surface area (Å²) in [7, 11) is -2.46. The highest BCUT2D eigenvalue weighted by atomic mass is 35.5. The molecule has 3 rings (SSSR count). The minimum Gasteiger partial charge on any atom is -0.496 e. The zero-order valence-corrected chi connectivity index (χ0v) is 19.8. The number of nitrogens with zero attached hydrogens (tertiary/aromatic N) is 2. The quantitative estimate of drug-likeness (QED) is 0.366. The van der Waals surface area contributed by atoms with Gasteiger partial charge < -0.3 is 4.74 Å². The third kappa shape index (κ3) is 6.64. The van der Waals surface area contributed by atoms with Crippen LogP contribution in [0.3, 0.4) is 0 Å². The van der Waals surface area contributed by atoms with Crippen LogP contribution in [-0.4, -0.2) is 38.5 Å². The third-order valence-corrected chi connectivity index (χ3v) is 6.80. The lowest BCUT2D eigenvalue weighted by atomic mass is 10.2. The van der Waals surface area contributed by atoms with Gasteiger partial charge in [0.2, 0.25) is 10.0 Å². The van der Waals surface area contributed by atoms with E-state index in [-0.39, 0.29) is 11.4 Å². The van der Waals surface area contributed by atoms with Crippen molar-refractivity contribution in [2.75, 3.05) is 13.7 Å². The van der Waals surface area contributed by atoms with E-state index in [1.807, 2.05) is 18.2 Å². The lowest BCUT2D eigenvalue weighted by Gasteiger charge is -2.22. The number of rotatable bonds is 9. The molecule has 0 unspecified atom stereocenters. The Morgan fingerprint density at radius 2 is 1.85 bits per heavy atom. The van der Waals surface area contributed by atoms with Crippen molar-refractivity contribution in [3.63, 3.8) is 0 Å². The number of hydrogen-bond acceptors (Lipinski definition) is 5. The molecule has 0 fully saturated rings. The van der Waals surface area contributed by atoms with Crippen LogP contribution in [0.2, 0.25) is 5.02 Å². The van der Waals surface area contributed by atoms with Crippen molar-refractivity contribution in [3.8, 4) is 5.75 Å². The maximum atomic E-state index is 13.4. The highest BCUT2D eigenvalue weighted by Gasteiger charge is 2.27. The van der Waals surface area contributed by atoms with E-state index in [2.05, 4.69) is 10.5 Å². The van der Waals surface area contributed by atoms with Crippen molar-refractivity contribution in [1.29, 1.82) is 0 Å². The summed E-state index contributed by atoms with van der Waals surface area (Å²) >= 11 is 5.94. The average molecular weight is 486 g/mol. The van der Waals surface area contributed by atoms with Gasteiger partial charge in [-0.3, -0.25) is 4.79 Å². The second-order valence-electron chi connectivity index (χ2n) is 7.24. The Balaban J connectivity index is 1.81. The predicted octanol–water partition coefficient (Wildman–Crippen LogP) is 4.00. The molecule has 0 aliphatic carbocycles. The molecular formula is C24H24ClN3O4S. The Hall–Kier alpha value is -3.20. The first-order valence-electron chi connectivity index (χ1n) is 10.1. The maximum absolute atomic E-state index is 13.4. The van der Waals surface area contributed by atoms with E-state index >= 15 is 0 Å². The summed E-state index contributed by atoms with van der Waals surface area (Å²) in [5, 5.41) is 4.45. The lowest BCUT2D eigenvalue weighted by Crippen LogP contribution is -2.39. The molecule has 1 N–H and O–H groups in total. The Morgan fingerprint density at radius 1 is 1.09 bits per heavy atom. The molecule has 3 aromatic rings. The summed E-state index contributed by atoms with van der Waals surface area (Å²) in [6, 6.07) is 20.6. The number of hydrogen-bond donors (Lipinski definition) is 1. The first-order valence-corrected chi connectivity index (χ1v) is 11.9. The molecular weight excluding hydrogens is 462 g/mol. The molecule has 0 aliphatic heterocycles. The lowest BCUT2D eigenvalue weighted by molar-refractivity contribution is -0.121. The molecule has 0 heterocycles. The van der Waals surface area contributed by atoms with E-state index in [1.165, 1.54) is 25.5 Å². The van der Waals surface area contributed by atoms with Gasteiger partial charge in [0, 0.05) is 11.6 Å². The largest absolute Gasteiger partial charge is 0.496 e. The van der Waals surface area contributed by atoms with Crippen LogP contribution in [0.5, 0.6) is 5.75 Å². The van der Waals surface area contributed by atoms with Crippen LogP contribution in [0, 0.1) is 6.92 Å². The number of benzene rings is 3. The number of sulfonamides is 1. The Labute approximate surface area is 198 Å². The zero-order chi connectivity index (χ0) is 23.8. The Kier molecular flexibility index (Phi) is 8.21. The van der Waals surface area contributed by atoms with Gasteiger partial charge in [-0.05, 0) is 53.9 Å². The highest BCUT2D eigenvalue weighted by Crippen LogP contribution is 2.24. The van der Waals surface area contributed by atoms with Crippen LogP contribution < -0.4 is 10.2 Å². The number of carbonyl (C=O) groups is 1. The van der Waals surface area contributed by atoms with Crippen molar-refractivity contribution in [2.24, 2.45) is 5.10 Å². The minimum absolute atomic E-state index is 0.0275. The number of amides is 1. The number of halogens is 1. The molecule has 1 amide bonds. The summed E-state index contributed by atoms with van der Waals surface area (Å²) in [5.41, 5.74) is 4.51.